The molecule has 2 amide bonds. The minimum absolute atomic E-state index is 0.0842. The lowest BCUT2D eigenvalue weighted by Crippen LogP contribution is -2.43. The number of hydrogen-bond acceptors (Lipinski definition) is 6. The number of nitro groups is 1. The first kappa shape index (κ1) is 16.4. The first-order chi connectivity index (χ1) is 10.9. The van der Waals surface area contributed by atoms with E-state index in [2.05, 4.69) is 10.6 Å². The summed E-state index contributed by atoms with van der Waals surface area (Å²) in [5.41, 5.74) is 0.473. The fourth-order valence-corrected chi connectivity index (χ4v) is 2.14. The Bertz CT molecular complexity index is 672. The van der Waals surface area contributed by atoms with E-state index in [4.69, 9.17) is 4.74 Å². The first-order valence-corrected chi connectivity index (χ1v) is 6.87. The van der Waals surface area contributed by atoms with Gasteiger partial charge in [0.05, 0.1) is 18.1 Å². The van der Waals surface area contributed by atoms with Crippen LogP contribution in [0.3, 0.4) is 0 Å². The van der Waals surface area contributed by atoms with Crippen molar-refractivity contribution in [1.29, 1.82) is 0 Å². The minimum Gasteiger partial charge on any atom is -0.464 e. The zero-order valence-corrected chi connectivity index (χ0v) is 12.3. The quantitative estimate of drug-likeness (QED) is 0.448. The number of carbonyl (C=O) groups excluding carboxylic acids is 3. The van der Waals surface area contributed by atoms with Crippen molar-refractivity contribution in [2.45, 2.75) is 19.4 Å². The molecule has 2 rings (SSSR count). The molecule has 23 heavy (non-hydrogen) atoms. The molecule has 1 saturated heterocycles. The van der Waals surface area contributed by atoms with Crippen molar-refractivity contribution in [3.05, 3.63) is 39.4 Å². The van der Waals surface area contributed by atoms with Crippen LogP contribution >= 0.6 is 0 Å². The van der Waals surface area contributed by atoms with E-state index in [-0.39, 0.29) is 24.4 Å². The number of benzene rings is 1. The molecule has 1 atom stereocenters. The van der Waals surface area contributed by atoms with E-state index in [1.807, 2.05) is 0 Å². The molecular weight excluding hydrogens is 306 g/mol. The summed E-state index contributed by atoms with van der Waals surface area (Å²) in [6.07, 6.45) is 0.403. The van der Waals surface area contributed by atoms with Gasteiger partial charge in [0.2, 0.25) is 5.91 Å². The van der Waals surface area contributed by atoms with E-state index in [9.17, 15) is 24.5 Å². The molecule has 0 aromatic heterocycles. The molecular formula is C14H15N3O6. The number of carbonyl (C=O) groups is 3. The van der Waals surface area contributed by atoms with Crippen LogP contribution in [0.25, 0.3) is 0 Å². The SMILES string of the molecule is Cc1cc(C(=O)NCC(=O)NC2CCOC2=O)ccc1[N+](=O)[O-]. The van der Waals surface area contributed by atoms with Crippen LogP contribution in [0.4, 0.5) is 5.69 Å². The molecule has 0 spiro atoms. The lowest BCUT2D eigenvalue weighted by atomic mass is 10.1. The molecule has 1 aliphatic heterocycles. The molecule has 1 aromatic rings. The van der Waals surface area contributed by atoms with Gasteiger partial charge in [-0.2, -0.15) is 0 Å². The predicted molar refractivity (Wildman–Crippen MR) is 77.7 cm³/mol. The van der Waals surface area contributed by atoms with E-state index in [0.29, 0.717) is 12.0 Å². The second-order valence-corrected chi connectivity index (χ2v) is 5.02. The number of cyclic esters (lactones) is 1. The zero-order chi connectivity index (χ0) is 17.0. The maximum Gasteiger partial charge on any atom is 0.328 e. The van der Waals surface area contributed by atoms with Crippen LogP contribution in [-0.2, 0) is 14.3 Å². The summed E-state index contributed by atoms with van der Waals surface area (Å²) in [5, 5.41) is 15.6. The molecule has 122 valence electrons. The Hall–Kier alpha value is -2.97. The number of nitrogens with one attached hydrogen (secondary N) is 2. The number of hydrogen-bond donors (Lipinski definition) is 2. The topological polar surface area (TPSA) is 128 Å². The summed E-state index contributed by atoms with van der Waals surface area (Å²) in [6.45, 7) is 1.48. The molecule has 2 N–H and O–H groups in total. The highest BCUT2D eigenvalue weighted by Gasteiger charge is 2.27. The smallest absolute Gasteiger partial charge is 0.328 e. The number of nitrogens with zero attached hydrogens (tertiary/aromatic N) is 1. The normalized spacial score (nSPS) is 16.6. The predicted octanol–water partition coefficient (Wildman–Crippen LogP) is 0.0647. The van der Waals surface area contributed by atoms with Crippen molar-refractivity contribution in [2.24, 2.45) is 0 Å². The number of esters is 1. The summed E-state index contributed by atoms with van der Waals surface area (Å²) in [4.78, 5) is 45.0. The van der Waals surface area contributed by atoms with Gasteiger partial charge < -0.3 is 15.4 Å². The molecule has 0 aliphatic carbocycles. The third kappa shape index (κ3) is 4.02. The van der Waals surface area contributed by atoms with Crippen LogP contribution < -0.4 is 10.6 Å². The Kier molecular flexibility index (Phi) is 4.89. The lowest BCUT2D eigenvalue weighted by molar-refractivity contribution is -0.385. The van der Waals surface area contributed by atoms with E-state index in [1.165, 1.54) is 25.1 Å². The zero-order valence-electron chi connectivity index (χ0n) is 12.3. The van der Waals surface area contributed by atoms with E-state index in [0.717, 1.165) is 0 Å². The Balaban J connectivity index is 1.89. The summed E-state index contributed by atoms with van der Waals surface area (Å²) < 4.78 is 4.71. The van der Waals surface area contributed by atoms with Crippen molar-refractivity contribution < 1.29 is 24.0 Å². The van der Waals surface area contributed by atoms with Crippen LogP contribution in [-0.4, -0.2) is 41.9 Å². The summed E-state index contributed by atoms with van der Waals surface area (Å²) in [6, 6.07) is 3.24. The van der Waals surface area contributed by atoms with Crippen LogP contribution in [0.5, 0.6) is 0 Å². The van der Waals surface area contributed by atoms with E-state index in [1.54, 1.807) is 0 Å². The Morgan fingerprint density at radius 3 is 2.74 bits per heavy atom. The first-order valence-electron chi connectivity index (χ1n) is 6.87. The molecule has 0 bridgehead atoms. The van der Waals surface area contributed by atoms with Gasteiger partial charge in [-0.05, 0) is 19.1 Å². The highest BCUT2D eigenvalue weighted by atomic mass is 16.6. The molecule has 0 radical (unpaired) electrons. The van der Waals surface area contributed by atoms with Gasteiger partial charge in [0, 0.05) is 23.6 Å². The molecule has 9 heteroatoms. The Labute approximate surface area is 131 Å². The number of aryl methyl sites for hydroxylation is 1. The van der Waals surface area contributed by atoms with Crippen molar-refractivity contribution in [3.8, 4) is 0 Å². The number of amides is 2. The molecule has 1 aliphatic rings. The number of nitro benzene ring substituents is 1. The third-order valence-electron chi connectivity index (χ3n) is 3.34. The van der Waals surface area contributed by atoms with Gasteiger partial charge in [-0.25, -0.2) is 4.79 Å². The van der Waals surface area contributed by atoms with E-state index >= 15 is 0 Å². The second-order valence-electron chi connectivity index (χ2n) is 5.02. The van der Waals surface area contributed by atoms with Crippen molar-refractivity contribution in [3.63, 3.8) is 0 Å². The lowest BCUT2D eigenvalue weighted by Gasteiger charge is -2.10. The highest BCUT2D eigenvalue weighted by Crippen LogP contribution is 2.18. The van der Waals surface area contributed by atoms with Gasteiger partial charge >= 0.3 is 5.97 Å². The van der Waals surface area contributed by atoms with Gasteiger partial charge in [0.15, 0.2) is 0 Å². The van der Waals surface area contributed by atoms with Crippen molar-refractivity contribution >= 4 is 23.5 Å². The molecule has 1 fully saturated rings. The summed E-state index contributed by atoms with van der Waals surface area (Å²) in [5.74, 6) is -1.54. The van der Waals surface area contributed by atoms with Gasteiger partial charge in [-0.1, -0.05) is 0 Å². The van der Waals surface area contributed by atoms with Gasteiger partial charge in [-0.3, -0.25) is 19.7 Å². The average Bonchev–Trinajstić information content (AvgIpc) is 2.89. The molecule has 1 heterocycles. The number of rotatable bonds is 5. The summed E-state index contributed by atoms with van der Waals surface area (Å²) in [7, 11) is 0. The maximum atomic E-state index is 11.9. The van der Waals surface area contributed by atoms with Gasteiger partial charge in [0.1, 0.15) is 6.04 Å². The molecule has 9 nitrogen and oxygen atoms in total. The Morgan fingerprint density at radius 1 is 1.43 bits per heavy atom. The molecule has 1 unspecified atom stereocenters. The fraction of sp³-hybridized carbons (Fsp3) is 0.357. The third-order valence-corrected chi connectivity index (χ3v) is 3.34. The molecule has 0 saturated carbocycles. The van der Waals surface area contributed by atoms with Crippen LogP contribution in [0.2, 0.25) is 0 Å². The fourth-order valence-electron chi connectivity index (χ4n) is 2.14. The second kappa shape index (κ2) is 6.86. The van der Waals surface area contributed by atoms with Crippen LogP contribution in [0.15, 0.2) is 18.2 Å². The monoisotopic (exact) mass is 321 g/mol. The van der Waals surface area contributed by atoms with Crippen molar-refractivity contribution in [1.82, 2.24) is 10.6 Å². The standard InChI is InChI=1S/C14H15N3O6/c1-8-6-9(2-3-11(8)17(21)22)13(19)15-7-12(18)16-10-4-5-23-14(10)20/h2-3,6,10H,4-5,7H2,1H3,(H,15,19)(H,16,18). The number of ether oxygens (including phenoxy) is 1. The van der Waals surface area contributed by atoms with E-state index < -0.39 is 28.7 Å². The molecule has 1 aromatic carbocycles. The largest absolute Gasteiger partial charge is 0.464 e. The highest BCUT2D eigenvalue weighted by molar-refractivity contribution is 5.97. The van der Waals surface area contributed by atoms with Crippen LogP contribution in [0, 0.1) is 17.0 Å². The van der Waals surface area contributed by atoms with Crippen LogP contribution in [0.1, 0.15) is 22.3 Å². The maximum absolute atomic E-state index is 11.9. The van der Waals surface area contributed by atoms with Gasteiger partial charge in [-0.15, -0.1) is 0 Å². The Morgan fingerprint density at radius 2 is 2.17 bits per heavy atom. The van der Waals surface area contributed by atoms with Gasteiger partial charge in [0.25, 0.3) is 11.6 Å². The minimum atomic E-state index is -0.680. The van der Waals surface area contributed by atoms with Crippen molar-refractivity contribution in [2.75, 3.05) is 13.2 Å². The average molecular weight is 321 g/mol. The summed E-state index contributed by atoms with van der Waals surface area (Å²) >= 11 is 0.